The number of amides is 1. The second-order valence-electron chi connectivity index (χ2n) is 7.39. The van der Waals surface area contributed by atoms with E-state index in [0.717, 1.165) is 0 Å². The highest BCUT2D eigenvalue weighted by Gasteiger charge is 2.47. The van der Waals surface area contributed by atoms with E-state index in [-0.39, 0.29) is 23.8 Å². The third-order valence-corrected chi connectivity index (χ3v) is 6.58. The fourth-order valence-electron chi connectivity index (χ4n) is 3.37. The lowest BCUT2D eigenvalue weighted by Gasteiger charge is -2.49. The van der Waals surface area contributed by atoms with Crippen LogP contribution in [0.5, 0.6) is 0 Å². The van der Waals surface area contributed by atoms with Gasteiger partial charge < -0.3 is 20.5 Å². The van der Waals surface area contributed by atoms with E-state index < -0.39 is 27.2 Å². The minimum absolute atomic E-state index is 0.0204. The quantitative estimate of drug-likeness (QED) is 0.759. The number of hydrogen-bond acceptors (Lipinski definition) is 6. The van der Waals surface area contributed by atoms with Crippen LogP contribution in [0.1, 0.15) is 34.1 Å². The van der Waals surface area contributed by atoms with Gasteiger partial charge in [-0.3, -0.25) is 0 Å². The number of rotatable bonds is 3. The van der Waals surface area contributed by atoms with Crippen molar-refractivity contribution in [2.75, 3.05) is 18.8 Å². The molecule has 1 saturated heterocycles. The van der Waals surface area contributed by atoms with Crippen LogP contribution in [0.15, 0.2) is 21.6 Å². The molecular formula is C15H22BrN4O4S-. The summed E-state index contributed by atoms with van der Waals surface area (Å²) in [6.07, 6.45) is 0.455. The molecule has 1 unspecified atom stereocenters. The minimum atomic E-state index is -3.89. The fraction of sp³-hybridized carbons (Fsp3) is 0.600. The van der Waals surface area contributed by atoms with Gasteiger partial charge in [-0.15, -0.1) is 0 Å². The van der Waals surface area contributed by atoms with E-state index in [1.54, 1.807) is 27.7 Å². The van der Waals surface area contributed by atoms with Crippen molar-refractivity contribution in [3.8, 4) is 0 Å². The van der Waals surface area contributed by atoms with E-state index in [4.69, 9.17) is 5.73 Å². The van der Waals surface area contributed by atoms with Gasteiger partial charge in [0.15, 0.2) is 0 Å². The molecule has 2 N–H and O–H groups in total. The van der Waals surface area contributed by atoms with E-state index in [9.17, 15) is 18.3 Å². The van der Waals surface area contributed by atoms with Gasteiger partial charge in [0.1, 0.15) is 16.8 Å². The average molecular weight is 434 g/mol. The third-order valence-electron chi connectivity index (χ3n) is 4.28. The van der Waals surface area contributed by atoms with Crippen LogP contribution in [0.4, 0.5) is 10.6 Å². The number of halogens is 1. The van der Waals surface area contributed by atoms with Crippen molar-refractivity contribution in [1.82, 2.24) is 14.2 Å². The molecule has 0 saturated carbocycles. The number of hydrogen-bond donors (Lipinski definition) is 1. The molecule has 10 heteroatoms. The molecule has 0 spiro atoms. The van der Waals surface area contributed by atoms with Gasteiger partial charge in [-0.1, -0.05) is 0 Å². The molecule has 0 aromatic carbocycles. The fourth-order valence-corrected chi connectivity index (χ4v) is 5.51. The molecule has 1 atom stereocenters. The van der Waals surface area contributed by atoms with Crippen LogP contribution in [0.25, 0.3) is 0 Å². The third kappa shape index (κ3) is 3.75. The number of sulfonamides is 1. The Bertz CT molecular complexity index is 793. The summed E-state index contributed by atoms with van der Waals surface area (Å²) in [5, 5.41) is 11.7. The van der Waals surface area contributed by atoms with Crippen molar-refractivity contribution in [3.05, 3.63) is 16.7 Å². The Morgan fingerprint density at radius 1 is 1.48 bits per heavy atom. The molecule has 1 aromatic rings. The second-order valence-corrected chi connectivity index (χ2v) is 10.2. The summed E-state index contributed by atoms with van der Waals surface area (Å²) in [7, 11) is -3.89. The zero-order valence-corrected chi connectivity index (χ0v) is 17.0. The highest BCUT2D eigenvalue weighted by molar-refractivity contribution is 9.10. The molecule has 1 aliphatic rings. The van der Waals surface area contributed by atoms with Crippen LogP contribution in [-0.4, -0.2) is 52.9 Å². The Balaban J connectivity index is 2.39. The van der Waals surface area contributed by atoms with Crippen LogP contribution in [-0.2, 0) is 10.0 Å². The molecule has 2 heterocycles. The van der Waals surface area contributed by atoms with Crippen molar-refractivity contribution >= 4 is 37.9 Å². The second kappa shape index (κ2) is 6.40. The molecule has 0 bridgehead atoms. The van der Waals surface area contributed by atoms with Gasteiger partial charge in [-0.2, -0.15) is 4.31 Å². The smallest absolute Gasteiger partial charge is 0.246 e. The number of aromatic nitrogens is 1. The van der Waals surface area contributed by atoms with E-state index >= 15 is 0 Å². The normalized spacial score (nSPS) is 22.1. The number of carbonyl (C=O) groups is 1. The molecule has 8 nitrogen and oxygen atoms in total. The monoisotopic (exact) mass is 433 g/mol. The highest BCUT2D eigenvalue weighted by Crippen LogP contribution is 2.36. The molecular weight excluding hydrogens is 412 g/mol. The minimum Gasteiger partial charge on any atom is -0.530 e. The number of nitrogens with zero attached hydrogens (tertiary/aromatic N) is 3. The Hall–Kier alpha value is -1.39. The predicted molar refractivity (Wildman–Crippen MR) is 95.1 cm³/mol. The van der Waals surface area contributed by atoms with Crippen LogP contribution in [0, 0.1) is 0 Å². The number of carbonyl (C=O) groups excluding carboxylic acids is 1. The van der Waals surface area contributed by atoms with Crippen LogP contribution < -0.4 is 10.8 Å². The van der Waals surface area contributed by atoms with Gasteiger partial charge in [-0.25, -0.2) is 13.4 Å². The van der Waals surface area contributed by atoms with Crippen molar-refractivity contribution in [2.24, 2.45) is 0 Å². The molecule has 2 rings (SSSR count). The molecule has 0 radical (unpaired) electrons. The SMILES string of the molecule is CC(C)(C)N(C(=O)[O-])C1(C)CCN(S(=O)(=O)c2cc(Br)cnc2N)C1. The first-order valence-corrected chi connectivity index (χ1v) is 9.95. The number of nitrogens with two attached hydrogens (primary N) is 1. The van der Waals surface area contributed by atoms with E-state index in [1.165, 1.54) is 21.5 Å². The predicted octanol–water partition coefficient (Wildman–Crippen LogP) is 1.02. The average Bonchev–Trinajstić information content (AvgIpc) is 2.82. The summed E-state index contributed by atoms with van der Waals surface area (Å²) in [6.45, 7) is 7.19. The number of nitrogen functional groups attached to an aromatic ring is 1. The Morgan fingerprint density at radius 2 is 2.08 bits per heavy atom. The molecule has 1 amide bonds. The summed E-state index contributed by atoms with van der Waals surface area (Å²) in [5.41, 5.74) is 4.13. The van der Waals surface area contributed by atoms with Gasteiger partial charge in [0.2, 0.25) is 10.0 Å². The van der Waals surface area contributed by atoms with Crippen molar-refractivity contribution in [3.63, 3.8) is 0 Å². The Kier molecular flexibility index (Phi) is 5.10. The maximum absolute atomic E-state index is 12.9. The molecule has 1 fully saturated rings. The maximum Gasteiger partial charge on any atom is 0.246 e. The summed E-state index contributed by atoms with van der Waals surface area (Å²) >= 11 is 3.19. The zero-order valence-electron chi connectivity index (χ0n) is 14.6. The standard InChI is InChI=1S/C15H23BrN4O4S/c1-14(2,3)20(13(21)22)15(4)5-6-19(9-15)25(23,24)11-7-10(16)8-18-12(11)17/h7-8H,5-6,9H2,1-4H3,(H2,17,18)(H,21,22)/p-1. The Morgan fingerprint density at radius 3 is 2.60 bits per heavy atom. The first-order chi connectivity index (χ1) is 11.3. The summed E-state index contributed by atoms with van der Waals surface area (Å²) < 4.78 is 27.6. The summed E-state index contributed by atoms with van der Waals surface area (Å²) in [6, 6.07) is 1.40. The molecule has 140 valence electrons. The van der Waals surface area contributed by atoms with Gasteiger partial charge in [0.05, 0.1) is 5.54 Å². The van der Waals surface area contributed by atoms with Crippen molar-refractivity contribution < 1.29 is 18.3 Å². The van der Waals surface area contributed by atoms with Gasteiger partial charge >= 0.3 is 0 Å². The number of carboxylic acid groups (broad SMARTS) is 1. The summed E-state index contributed by atoms with van der Waals surface area (Å²) in [5.74, 6) is -0.0932. The first kappa shape index (κ1) is 19.9. The van der Waals surface area contributed by atoms with Crippen molar-refractivity contribution in [1.29, 1.82) is 0 Å². The largest absolute Gasteiger partial charge is 0.530 e. The lowest BCUT2D eigenvalue weighted by Crippen LogP contribution is -2.63. The van der Waals surface area contributed by atoms with Crippen LogP contribution in [0.2, 0.25) is 0 Å². The summed E-state index contributed by atoms with van der Waals surface area (Å²) in [4.78, 5) is 16.7. The molecule has 0 aliphatic carbocycles. The number of pyridine rings is 1. The van der Waals surface area contributed by atoms with E-state index in [1.807, 2.05) is 0 Å². The van der Waals surface area contributed by atoms with Crippen molar-refractivity contribution in [2.45, 2.75) is 50.1 Å². The Labute approximate surface area is 156 Å². The van der Waals surface area contributed by atoms with Gasteiger partial charge in [-0.05, 0) is 56.1 Å². The molecule has 1 aliphatic heterocycles. The maximum atomic E-state index is 12.9. The first-order valence-electron chi connectivity index (χ1n) is 7.71. The number of anilines is 1. The van der Waals surface area contributed by atoms with Gasteiger partial charge in [0.25, 0.3) is 0 Å². The topological polar surface area (TPSA) is 120 Å². The lowest BCUT2D eigenvalue weighted by molar-refractivity contribution is -0.277. The highest BCUT2D eigenvalue weighted by atomic mass is 79.9. The lowest BCUT2D eigenvalue weighted by atomic mass is 9.92. The van der Waals surface area contributed by atoms with E-state index in [2.05, 4.69) is 20.9 Å². The molecule has 1 aromatic heterocycles. The van der Waals surface area contributed by atoms with E-state index in [0.29, 0.717) is 10.9 Å². The van der Waals surface area contributed by atoms with Crippen LogP contribution in [0.3, 0.4) is 0 Å². The molecule has 25 heavy (non-hydrogen) atoms. The zero-order chi connectivity index (χ0) is 19.2. The van der Waals surface area contributed by atoms with Crippen LogP contribution >= 0.6 is 15.9 Å². The van der Waals surface area contributed by atoms with Gasteiger partial charge in [0, 0.05) is 29.3 Å².